The molecule has 0 aromatic heterocycles. The summed E-state index contributed by atoms with van der Waals surface area (Å²) in [4.78, 5) is 11.3. The van der Waals surface area contributed by atoms with E-state index in [1.165, 1.54) is 18.2 Å². The number of rotatable bonds is 6. The minimum Gasteiger partial charge on any atom is -0.490 e. The Bertz CT molecular complexity index is 438. The van der Waals surface area contributed by atoms with Crippen molar-refractivity contribution in [2.75, 3.05) is 13.2 Å². The molecule has 18 heavy (non-hydrogen) atoms. The van der Waals surface area contributed by atoms with E-state index in [1.54, 1.807) is 25.1 Å². The van der Waals surface area contributed by atoms with Crippen LogP contribution in [0.5, 0.6) is 5.75 Å². The molecule has 0 bridgehead atoms. The van der Waals surface area contributed by atoms with E-state index in [4.69, 9.17) is 14.0 Å². The summed E-state index contributed by atoms with van der Waals surface area (Å²) in [6, 6.07) is 6.16. The summed E-state index contributed by atoms with van der Waals surface area (Å²) >= 11 is -1.99. The summed E-state index contributed by atoms with van der Waals surface area (Å²) in [6.07, 6.45) is 2.92. The number of hydrogen-bond donors (Lipinski definition) is 1. The molecule has 0 heterocycles. The zero-order valence-corrected chi connectivity index (χ0v) is 10.7. The van der Waals surface area contributed by atoms with Crippen molar-refractivity contribution in [3.63, 3.8) is 0 Å². The molecule has 0 amide bonds. The molecule has 0 fully saturated rings. The SMILES string of the molecule is CC=CC(=O)OCCOc1ccc(S(=O)O)cc1. The quantitative estimate of drug-likeness (QED) is 0.369. The topological polar surface area (TPSA) is 72.8 Å². The van der Waals surface area contributed by atoms with Gasteiger partial charge in [-0.1, -0.05) is 6.08 Å². The second-order valence-corrected chi connectivity index (χ2v) is 4.21. The van der Waals surface area contributed by atoms with Gasteiger partial charge in [-0.15, -0.1) is 0 Å². The lowest BCUT2D eigenvalue weighted by Crippen LogP contribution is -2.10. The van der Waals surface area contributed by atoms with Crippen LogP contribution in [0.25, 0.3) is 0 Å². The van der Waals surface area contributed by atoms with Crippen LogP contribution in [0.3, 0.4) is 0 Å². The van der Waals surface area contributed by atoms with Crippen LogP contribution in [0, 0.1) is 0 Å². The normalized spacial score (nSPS) is 12.3. The number of esters is 1. The van der Waals surface area contributed by atoms with Gasteiger partial charge >= 0.3 is 5.97 Å². The van der Waals surface area contributed by atoms with Gasteiger partial charge in [0.05, 0.1) is 4.90 Å². The van der Waals surface area contributed by atoms with Crippen LogP contribution < -0.4 is 4.74 Å². The zero-order valence-electron chi connectivity index (χ0n) is 9.87. The number of carbonyl (C=O) groups is 1. The number of allylic oxidation sites excluding steroid dienone is 1. The minimum atomic E-state index is -1.99. The summed E-state index contributed by atoms with van der Waals surface area (Å²) < 4.78 is 29.6. The van der Waals surface area contributed by atoms with Crippen LogP contribution in [0.15, 0.2) is 41.3 Å². The molecule has 1 N–H and O–H groups in total. The van der Waals surface area contributed by atoms with Crippen molar-refractivity contribution < 1.29 is 23.0 Å². The average Bonchev–Trinajstić information content (AvgIpc) is 2.35. The van der Waals surface area contributed by atoms with E-state index in [1.807, 2.05) is 0 Å². The van der Waals surface area contributed by atoms with Gasteiger partial charge in [0.1, 0.15) is 19.0 Å². The highest BCUT2D eigenvalue weighted by atomic mass is 32.2. The first-order chi connectivity index (χ1) is 8.63. The third-order valence-electron chi connectivity index (χ3n) is 1.92. The average molecular weight is 270 g/mol. The molecule has 0 radical (unpaired) electrons. The molecule has 6 heteroatoms. The molecule has 5 nitrogen and oxygen atoms in total. The van der Waals surface area contributed by atoms with Crippen molar-refractivity contribution in [2.24, 2.45) is 0 Å². The first-order valence-electron chi connectivity index (χ1n) is 5.26. The zero-order chi connectivity index (χ0) is 13.4. The second kappa shape index (κ2) is 7.62. The number of ether oxygens (including phenoxy) is 2. The van der Waals surface area contributed by atoms with E-state index in [9.17, 15) is 9.00 Å². The van der Waals surface area contributed by atoms with Crippen LogP contribution >= 0.6 is 0 Å². The molecule has 0 aliphatic heterocycles. The van der Waals surface area contributed by atoms with Gasteiger partial charge in [-0.2, -0.15) is 0 Å². The summed E-state index contributed by atoms with van der Waals surface area (Å²) in [7, 11) is 0. The maximum atomic E-state index is 10.9. The van der Waals surface area contributed by atoms with Crippen molar-refractivity contribution in [1.29, 1.82) is 0 Å². The Morgan fingerprint density at radius 3 is 2.56 bits per heavy atom. The van der Waals surface area contributed by atoms with Gasteiger partial charge in [0.25, 0.3) is 0 Å². The Hall–Kier alpha value is -1.66. The molecule has 1 rings (SSSR count). The van der Waals surface area contributed by atoms with Crippen LogP contribution in [-0.4, -0.2) is 27.9 Å². The van der Waals surface area contributed by atoms with Crippen molar-refractivity contribution in [2.45, 2.75) is 11.8 Å². The summed E-state index contributed by atoms with van der Waals surface area (Å²) in [5.41, 5.74) is 0. The molecule has 0 aliphatic rings. The lowest BCUT2D eigenvalue weighted by molar-refractivity contribution is -0.138. The summed E-state index contributed by atoms with van der Waals surface area (Å²) in [6.45, 7) is 2.10. The Labute approximate surface area is 108 Å². The van der Waals surface area contributed by atoms with E-state index in [2.05, 4.69) is 0 Å². The van der Waals surface area contributed by atoms with Gasteiger partial charge in [0.15, 0.2) is 11.1 Å². The first-order valence-corrected chi connectivity index (χ1v) is 6.37. The number of carbonyl (C=O) groups excluding carboxylic acids is 1. The highest BCUT2D eigenvalue weighted by molar-refractivity contribution is 7.79. The highest BCUT2D eigenvalue weighted by Crippen LogP contribution is 2.13. The minimum absolute atomic E-state index is 0.150. The molecule has 1 atom stereocenters. The molecule has 0 aliphatic carbocycles. The van der Waals surface area contributed by atoms with Crippen molar-refractivity contribution in [3.05, 3.63) is 36.4 Å². The lowest BCUT2D eigenvalue weighted by Gasteiger charge is -2.06. The van der Waals surface area contributed by atoms with E-state index in [0.29, 0.717) is 10.6 Å². The monoisotopic (exact) mass is 270 g/mol. The molecule has 0 saturated carbocycles. The number of benzene rings is 1. The van der Waals surface area contributed by atoms with Gasteiger partial charge in [0, 0.05) is 6.08 Å². The molecule has 0 saturated heterocycles. The van der Waals surface area contributed by atoms with Crippen molar-refractivity contribution in [1.82, 2.24) is 0 Å². The van der Waals surface area contributed by atoms with E-state index in [-0.39, 0.29) is 13.2 Å². The molecule has 1 aromatic carbocycles. The Balaban J connectivity index is 2.31. The van der Waals surface area contributed by atoms with Crippen LogP contribution in [0.4, 0.5) is 0 Å². The number of hydrogen-bond acceptors (Lipinski definition) is 4. The summed E-state index contributed by atoms with van der Waals surface area (Å²) in [5.74, 6) is 0.137. The fourth-order valence-electron chi connectivity index (χ4n) is 1.14. The van der Waals surface area contributed by atoms with E-state index < -0.39 is 17.0 Å². The van der Waals surface area contributed by atoms with Gasteiger partial charge in [-0.3, -0.25) is 0 Å². The van der Waals surface area contributed by atoms with Crippen LogP contribution in [0.2, 0.25) is 0 Å². The largest absolute Gasteiger partial charge is 0.490 e. The Kier molecular flexibility index (Phi) is 6.10. The third kappa shape index (κ3) is 5.11. The highest BCUT2D eigenvalue weighted by Gasteiger charge is 2.00. The van der Waals surface area contributed by atoms with Crippen LogP contribution in [-0.2, 0) is 20.6 Å². The molecular formula is C12H14O5S. The predicted octanol–water partition coefficient (Wildman–Crippen LogP) is 1.77. The van der Waals surface area contributed by atoms with Gasteiger partial charge in [-0.25, -0.2) is 9.00 Å². The van der Waals surface area contributed by atoms with Gasteiger partial charge < -0.3 is 14.0 Å². The standard InChI is InChI=1S/C12H14O5S/c1-2-3-12(13)17-9-8-16-10-4-6-11(7-5-10)18(14)15/h2-7H,8-9H2,1H3,(H,14,15). The fraction of sp³-hybridized carbons (Fsp3) is 0.250. The fourth-order valence-corrected chi connectivity index (χ4v) is 1.51. The molecule has 1 unspecified atom stereocenters. The van der Waals surface area contributed by atoms with Gasteiger partial charge in [-0.05, 0) is 31.2 Å². The molecular weight excluding hydrogens is 256 g/mol. The maximum Gasteiger partial charge on any atom is 0.330 e. The lowest BCUT2D eigenvalue weighted by atomic mass is 10.3. The van der Waals surface area contributed by atoms with Crippen molar-refractivity contribution in [3.8, 4) is 5.75 Å². The van der Waals surface area contributed by atoms with Gasteiger partial charge in [0.2, 0.25) is 0 Å². The van der Waals surface area contributed by atoms with E-state index in [0.717, 1.165) is 0 Å². The smallest absolute Gasteiger partial charge is 0.330 e. The molecule has 1 aromatic rings. The first kappa shape index (κ1) is 14.4. The third-order valence-corrected chi connectivity index (χ3v) is 2.60. The Morgan fingerprint density at radius 1 is 1.33 bits per heavy atom. The van der Waals surface area contributed by atoms with Crippen molar-refractivity contribution >= 4 is 17.0 Å². The second-order valence-electron chi connectivity index (χ2n) is 3.24. The molecule has 0 spiro atoms. The maximum absolute atomic E-state index is 10.9. The van der Waals surface area contributed by atoms with Crippen LogP contribution in [0.1, 0.15) is 6.92 Å². The Morgan fingerprint density at radius 2 is 2.00 bits per heavy atom. The predicted molar refractivity (Wildman–Crippen MR) is 66.7 cm³/mol. The summed E-state index contributed by atoms with van der Waals surface area (Å²) in [5, 5.41) is 0. The van der Waals surface area contributed by atoms with E-state index >= 15 is 0 Å². The molecule has 98 valence electrons.